The molecule has 0 saturated carbocycles. The van der Waals surface area contributed by atoms with Crippen LogP contribution in [0.5, 0.6) is 5.75 Å². The monoisotopic (exact) mass is 389 g/mol. The van der Waals surface area contributed by atoms with Crippen LogP contribution in [-0.2, 0) is 4.79 Å². The number of benzene rings is 3. The molecule has 0 aliphatic carbocycles. The molecule has 0 aliphatic heterocycles. The number of amides is 1. The molecule has 0 spiro atoms. The van der Waals surface area contributed by atoms with Gasteiger partial charge in [-0.25, -0.2) is 4.39 Å². The molecule has 4 rings (SSSR count). The largest absolute Gasteiger partial charge is 0.484 e. The van der Waals surface area contributed by atoms with Gasteiger partial charge in [0.15, 0.2) is 12.4 Å². The molecule has 4 aromatic rings. The Kier molecular flexibility index (Phi) is 5.07. The number of halogens is 1. The number of anilines is 1. The molecule has 0 radical (unpaired) electrons. The third-order valence-corrected chi connectivity index (χ3v) is 4.29. The lowest BCUT2D eigenvalue weighted by molar-refractivity contribution is -0.118. The summed E-state index contributed by atoms with van der Waals surface area (Å²) in [6.07, 6.45) is 0. The van der Waals surface area contributed by atoms with Crippen LogP contribution in [0.3, 0.4) is 0 Å². The summed E-state index contributed by atoms with van der Waals surface area (Å²) in [6.45, 7) is -0.228. The van der Waals surface area contributed by atoms with Gasteiger partial charge in [0.05, 0.1) is 5.69 Å². The van der Waals surface area contributed by atoms with Crippen LogP contribution in [0.15, 0.2) is 83.3 Å². The maximum absolute atomic E-state index is 13.2. The van der Waals surface area contributed by atoms with Crippen molar-refractivity contribution in [3.63, 3.8) is 0 Å². The molecule has 1 amide bonds. The number of furan rings is 1. The Labute approximate surface area is 165 Å². The molecule has 0 bridgehead atoms. The number of carbonyl (C=O) groups excluding carboxylic acids is 2. The minimum absolute atomic E-state index is 0.0223. The van der Waals surface area contributed by atoms with E-state index in [-0.39, 0.29) is 23.6 Å². The van der Waals surface area contributed by atoms with Crippen LogP contribution in [0.25, 0.3) is 11.0 Å². The van der Waals surface area contributed by atoms with Crippen molar-refractivity contribution in [1.82, 2.24) is 0 Å². The molecule has 0 unspecified atom stereocenters. The van der Waals surface area contributed by atoms with E-state index in [2.05, 4.69) is 5.32 Å². The Hall–Kier alpha value is -3.93. The van der Waals surface area contributed by atoms with Crippen LogP contribution >= 0.6 is 0 Å². The summed E-state index contributed by atoms with van der Waals surface area (Å²) in [5.41, 5.74) is 0.968. The molecule has 0 aliphatic rings. The van der Waals surface area contributed by atoms with Gasteiger partial charge in [-0.05, 0) is 48.5 Å². The summed E-state index contributed by atoms with van der Waals surface area (Å²) in [5, 5.41) is 3.30. The lowest BCUT2D eigenvalue weighted by atomic mass is 10.1. The summed E-state index contributed by atoms with van der Waals surface area (Å²) in [5.74, 6) is -0.806. The van der Waals surface area contributed by atoms with Crippen molar-refractivity contribution in [2.75, 3.05) is 11.9 Å². The number of para-hydroxylation sites is 2. The van der Waals surface area contributed by atoms with Gasteiger partial charge in [-0.3, -0.25) is 9.59 Å². The van der Waals surface area contributed by atoms with Crippen LogP contribution in [0, 0.1) is 5.82 Å². The van der Waals surface area contributed by atoms with Gasteiger partial charge in [0, 0.05) is 10.9 Å². The second kappa shape index (κ2) is 7.98. The van der Waals surface area contributed by atoms with Gasteiger partial charge in [-0.15, -0.1) is 0 Å². The average Bonchev–Trinajstić information content (AvgIpc) is 3.11. The van der Waals surface area contributed by atoms with E-state index in [1.165, 1.54) is 24.3 Å². The number of hydrogen-bond donors (Lipinski definition) is 1. The molecule has 1 N–H and O–H groups in total. The first kappa shape index (κ1) is 18.4. The number of nitrogens with one attached hydrogen (secondary N) is 1. The van der Waals surface area contributed by atoms with Crippen LogP contribution in [0.4, 0.5) is 10.1 Å². The van der Waals surface area contributed by atoms with Gasteiger partial charge in [0.1, 0.15) is 17.1 Å². The normalized spacial score (nSPS) is 10.7. The van der Waals surface area contributed by atoms with E-state index in [0.717, 1.165) is 0 Å². The molecule has 144 valence electrons. The minimum Gasteiger partial charge on any atom is -0.484 e. The van der Waals surface area contributed by atoms with Crippen LogP contribution < -0.4 is 10.1 Å². The second-order valence-electron chi connectivity index (χ2n) is 6.29. The quantitative estimate of drug-likeness (QED) is 0.480. The Bertz CT molecular complexity index is 1170. The Morgan fingerprint density at radius 2 is 1.59 bits per heavy atom. The smallest absolute Gasteiger partial charge is 0.262 e. The van der Waals surface area contributed by atoms with Crippen LogP contribution in [0.1, 0.15) is 16.1 Å². The maximum atomic E-state index is 13.2. The van der Waals surface area contributed by atoms with E-state index in [9.17, 15) is 14.0 Å². The van der Waals surface area contributed by atoms with Crippen molar-refractivity contribution in [2.24, 2.45) is 0 Å². The Morgan fingerprint density at radius 1 is 0.897 bits per heavy atom. The number of carbonyl (C=O) groups is 2. The predicted molar refractivity (Wildman–Crippen MR) is 107 cm³/mol. The number of fused-ring (bicyclic) bond motifs is 1. The molecule has 5 nitrogen and oxygen atoms in total. The number of ketones is 1. The lowest BCUT2D eigenvalue weighted by Gasteiger charge is -2.08. The van der Waals surface area contributed by atoms with Crippen molar-refractivity contribution < 1.29 is 23.1 Å². The third kappa shape index (κ3) is 4.01. The van der Waals surface area contributed by atoms with E-state index < -0.39 is 17.5 Å². The van der Waals surface area contributed by atoms with Crippen molar-refractivity contribution in [3.8, 4) is 5.75 Å². The summed E-state index contributed by atoms with van der Waals surface area (Å²) in [7, 11) is 0. The topological polar surface area (TPSA) is 68.5 Å². The van der Waals surface area contributed by atoms with Gasteiger partial charge in [-0.1, -0.05) is 30.3 Å². The standard InChI is InChI=1S/C23H16FNO4/c24-16-12-10-15(11-13-16)22(27)23-21(18-8-4-5-9-19(18)29-23)25-20(26)14-28-17-6-2-1-3-7-17/h1-13H,14H2,(H,25,26). The molecule has 0 atom stereocenters. The van der Waals surface area contributed by atoms with Crippen molar-refractivity contribution in [3.05, 3.63) is 96.0 Å². The SMILES string of the molecule is O=C(COc1ccccc1)Nc1c(C(=O)c2ccc(F)cc2)oc2ccccc12. The van der Waals surface area contributed by atoms with E-state index in [1.807, 2.05) is 6.07 Å². The second-order valence-corrected chi connectivity index (χ2v) is 6.29. The van der Waals surface area contributed by atoms with Gasteiger partial charge in [0.2, 0.25) is 5.78 Å². The van der Waals surface area contributed by atoms with Crippen molar-refractivity contribution in [1.29, 1.82) is 0 Å². The van der Waals surface area contributed by atoms with E-state index in [4.69, 9.17) is 9.15 Å². The number of hydrogen-bond acceptors (Lipinski definition) is 4. The number of ether oxygens (including phenoxy) is 1. The highest BCUT2D eigenvalue weighted by Crippen LogP contribution is 2.32. The van der Waals surface area contributed by atoms with E-state index in [0.29, 0.717) is 16.7 Å². The molecule has 1 aromatic heterocycles. The minimum atomic E-state index is -0.458. The van der Waals surface area contributed by atoms with E-state index >= 15 is 0 Å². The summed E-state index contributed by atoms with van der Waals surface area (Å²) >= 11 is 0. The molecular weight excluding hydrogens is 373 g/mol. The predicted octanol–water partition coefficient (Wildman–Crippen LogP) is 4.82. The van der Waals surface area contributed by atoms with Gasteiger partial charge < -0.3 is 14.5 Å². The molecular formula is C23H16FNO4. The van der Waals surface area contributed by atoms with Gasteiger partial charge >= 0.3 is 0 Å². The van der Waals surface area contributed by atoms with Crippen molar-refractivity contribution >= 4 is 28.3 Å². The molecule has 6 heteroatoms. The fraction of sp³-hybridized carbons (Fsp3) is 0.0435. The Balaban J connectivity index is 1.62. The summed E-state index contributed by atoms with van der Waals surface area (Å²) < 4.78 is 24.4. The molecule has 29 heavy (non-hydrogen) atoms. The highest BCUT2D eigenvalue weighted by atomic mass is 19.1. The summed E-state index contributed by atoms with van der Waals surface area (Å²) in [4.78, 5) is 25.4. The zero-order chi connectivity index (χ0) is 20.2. The van der Waals surface area contributed by atoms with E-state index in [1.54, 1.807) is 48.5 Å². The van der Waals surface area contributed by atoms with Gasteiger partial charge in [-0.2, -0.15) is 0 Å². The fourth-order valence-electron chi connectivity index (χ4n) is 2.90. The maximum Gasteiger partial charge on any atom is 0.262 e. The zero-order valence-corrected chi connectivity index (χ0v) is 15.2. The zero-order valence-electron chi connectivity index (χ0n) is 15.2. The van der Waals surface area contributed by atoms with Crippen LogP contribution in [0.2, 0.25) is 0 Å². The molecule has 0 fully saturated rings. The first-order valence-corrected chi connectivity index (χ1v) is 8.91. The first-order chi connectivity index (χ1) is 14.1. The molecule has 3 aromatic carbocycles. The number of rotatable bonds is 6. The highest BCUT2D eigenvalue weighted by Gasteiger charge is 2.23. The van der Waals surface area contributed by atoms with Crippen molar-refractivity contribution in [2.45, 2.75) is 0 Å². The average molecular weight is 389 g/mol. The van der Waals surface area contributed by atoms with Gasteiger partial charge in [0.25, 0.3) is 5.91 Å². The third-order valence-electron chi connectivity index (χ3n) is 4.29. The first-order valence-electron chi connectivity index (χ1n) is 8.91. The lowest BCUT2D eigenvalue weighted by Crippen LogP contribution is -2.21. The fourth-order valence-corrected chi connectivity index (χ4v) is 2.90. The molecule has 1 heterocycles. The summed E-state index contributed by atoms with van der Waals surface area (Å²) in [6, 6.07) is 21.1. The highest BCUT2D eigenvalue weighted by molar-refractivity contribution is 6.17. The Morgan fingerprint density at radius 3 is 2.34 bits per heavy atom. The molecule has 0 saturated heterocycles. The van der Waals surface area contributed by atoms with Crippen LogP contribution in [-0.4, -0.2) is 18.3 Å².